The summed E-state index contributed by atoms with van der Waals surface area (Å²) in [7, 11) is 0. The van der Waals surface area contributed by atoms with Gasteiger partial charge in [0.1, 0.15) is 11.5 Å². The molecule has 1 saturated heterocycles. The van der Waals surface area contributed by atoms with Crippen LogP contribution in [-0.4, -0.2) is 55.1 Å². The van der Waals surface area contributed by atoms with Crippen molar-refractivity contribution in [2.75, 3.05) is 19.8 Å². The van der Waals surface area contributed by atoms with E-state index < -0.39 is 0 Å². The summed E-state index contributed by atoms with van der Waals surface area (Å²) in [4.78, 5) is 27.3. The van der Waals surface area contributed by atoms with E-state index in [4.69, 9.17) is 9.15 Å². The van der Waals surface area contributed by atoms with Gasteiger partial charge in [-0.2, -0.15) is 4.98 Å². The highest BCUT2D eigenvalue weighted by atomic mass is 16.5. The van der Waals surface area contributed by atoms with Crippen LogP contribution in [0.2, 0.25) is 0 Å². The molecule has 0 bridgehead atoms. The molecule has 9 nitrogen and oxygen atoms in total. The van der Waals surface area contributed by atoms with Gasteiger partial charge >= 0.3 is 0 Å². The standard InChI is InChI=1S/C16H16N6O3/c23-15(13-19-16-17-4-1-5-22(16)20-13)21-6-2-12-11(8-21)18-14(25-12)10-3-7-24-9-10/h1,4-5,10H,2-3,6-9H2. The van der Waals surface area contributed by atoms with E-state index in [-0.39, 0.29) is 17.6 Å². The fourth-order valence-corrected chi connectivity index (χ4v) is 3.26. The molecule has 5 heterocycles. The maximum atomic E-state index is 12.7. The summed E-state index contributed by atoms with van der Waals surface area (Å²) >= 11 is 0. The molecule has 2 aliphatic rings. The molecule has 3 aromatic rings. The van der Waals surface area contributed by atoms with Crippen LogP contribution in [0.1, 0.15) is 40.3 Å². The van der Waals surface area contributed by atoms with Crippen LogP contribution in [0.15, 0.2) is 22.9 Å². The van der Waals surface area contributed by atoms with Gasteiger partial charge < -0.3 is 14.1 Å². The Balaban J connectivity index is 1.38. The zero-order chi connectivity index (χ0) is 16.8. The summed E-state index contributed by atoms with van der Waals surface area (Å²) in [5, 5.41) is 4.20. The van der Waals surface area contributed by atoms with Gasteiger partial charge in [-0.05, 0) is 12.5 Å². The first-order valence-corrected chi connectivity index (χ1v) is 8.31. The summed E-state index contributed by atoms with van der Waals surface area (Å²) < 4.78 is 12.8. The van der Waals surface area contributed by atoms with Crippen LogP contribution < -0.4 is 0 Å². The summed E-state index contributed by atoms with van der Waals surface area (Å²) in [5.74, 6) is 2.16. The van der Waals surface area contributed by atoms with Gasteiger partial charge in [0, 0.05) is 32.0 Å². The minimum absolute atomic E-state index is 0.148. The molecule has 0 saturated carbocycles. The lowest BCUT2D eigenvalue weighted by atomic mass is 10.1. The smallest absolute Gasteiger partial charge is 0.293 e. The summed E-state index contributed by atoms with van der Waals surface area (Å²) in [6.07, 6.45) is 4.91. The number of carbonyl (C=O) groups is 1. The lowest BCUT2D eigenvalue weighted by Gasteiger charge is -2.23. The summed E-state index contributed by atoms with van der Waals surface area (Å²) in [5.41, 5.74) is 0.823. The average molecular weight is 340 g/mol. The predicted octanol–water partition coefficient (Wildman–Crippen LogP) is 0.815. The molecule has 5 rings (SSSR count). The van der Waals surface area contributed by atoms with E-state index >= 15 is 0 Å². The Labute approximate surface area is 142 Å². The lowest BCUT2D eigenvalue weighted by Crippen LogP contribution is -2.36. The van der Waals surface area contributed by atoms with Gasteiger partial charge in [-0.3, -0.25) is 4.79 Å². The first kappa shape index (κ1) is 14.5. The monoisotopic (exact) mass is 340 g/mol. The minimum Gasteiger partial charge on any atom is -0.445 e. The molecule has 1 unspecified atom stereocenters. The summed E-state index contributed by atoms with van der Waals surface area (Å²) in [6.45, 7) is 2.37. The molecule has 1 fully saturated rings. The van der Waals surface area contributed by atoms with Gasteiger partial charge in [0.2, 0.25) is 5.82 Å². The molecule has 0 aromatic carbocycles. The van der Waals surface area contributed by atoms with Gasteiger partial charge in [0.05, 0.1) is 19.1 Å². The Morgan fingerprint density at radius 1 is 1.32 bits per heavy atom. The number of nitrogens with zero attached hydrogens (tertiary/aromatic N) is 6. The fraction of sp³-hybridized carbons (Fsp3) is 0.438. The van der Waals surface area contributed by atoms with Crippen molar-refractivity contribution in [3.8, 4) is 0 Å². The van der Waals surface area contributed by atoms with Gasteiger partial charge in [0.15, 0.2) is 5.89 Å². The second-order valence-electron chi connectivity index (χ2n) is 6.26. The number of oxazole rings is 1. The Morgan fingerprint density at radius 3 is 3.12 bits per heavy atom. The summed E-state index contributed by atoms with van der Waals surface area (Å²) in [6, 6.07) is 1.74. The Bertz CT molecular complexity index is 909. The van der Waals surface area contributed by atoms with Crippen LogP contribution in [0.4, 0.5) is 0 Å². The van der Waals surface area contributed by atoms with E-state index in [1.54, 1.807) is 23.4 Å². The van der Waals surface area contributed by atoms with E-state index in [0.29, 0.717) is 31.9 Å². The maximum absolute atomic E-state index is 12.7. The van der Waals surface area contributed by atoms with Gasteiger partial charge in [0.25, 0.3) is 11.7 Å². The van der Waals surface area contributed by atoms with Crippen LogP contribution in [0, 0.1) is 0 Å². The maximum Gasteiger partial charge on any atom is 0.293 e. The first-order chi connectivity index (χ1) is 12.3. The third-order valence-corrected chi connectivity index (χ3v) is 4.62. The number of rotatable bonds is 2. The van der Waals surface area contributed by atoms with E-state index in [9.17, 15) is 4.79 Å². The zero-order valence-electron chi connectivity index (χ0n) is 13.5. The first-order valence-electron chi connectivity index (χ1n) is 8.31. The van der Waals surface area contributed by atoms with Crippen molar-refractivity contribution >= 4 is 11.7 Å². The highest BCUT2D eigenvalue weighted by Gasteiger charge is 2.31. The molecule has 9 heteroatoms. The highest BCUT2D eigenvalue weighted by molar-refractivity contribution is 5.91. The quantitative estimate of drug-likeness (QED) is 0.681. The minimum atomic E-state index is -0.218. The van der Waals surface area contributed by atoms with Crippen molar-refractivity contribution in [2.24, 2.45) is 0 Å². The molecule has 1 amide bonds. The molecule has 0 N–H and O–H groups in total. The van der Waals surface area contributed by atoms with Crippen molar-refractivity contribution in [1.82, 2.24) is 29.5 Å². The molecular formula is C16H16N6O3. The molecule has 25 heavy (non-hydrogen) atoms. The normalized spacial score (nSPS) is 20.2. The number of ether oxygens (including phenoxy) is 1. The third-order valence-electron chi connectivity index (χ3n) is 4.62. The van der Waals surface area contributed by atoms with Crippen LogP contribution in [0.3, 0.4) is 0 Å². The zero-order valence-corrected chi connectivity index (χ0v) is 13.5. The van der Waals surface area contributed by atoms with Gasteiger partial charge in [-0.15, -0.1) is 5.10 Å². The number of carbonyl (C=O) groups excluding carboxylic acids is 1. The van der Waals surface area contributed by atoms with Crippen LogP contribution in [0.5, 0.6) is 0 Å². The third kappa shape index (κ3) is 2.47. The van der Waals surface area contributed by atoms with E-state index in [0.717, 1.165) is 30.4 Å². The van der Waals surface area contributed by atoms with Crippen LogP contribution in [-0.2, 0) is 17.7 Å². The molecule has 0 radical (unpaired) electrons. The predicted molar refractivity (Wildman–Crippen MR) is 83.9 cm³/mol. The second kappa shape index (κ2) is 5.62. The molecule has 0 aliphatic carbocycles. The van der Waals surface area contributed by atoms with E-state index in [1.807, 2.05) is 0 Å². The molecule has 3 aromatic heterocycles. The van der Waals surface area contributed by atoms with Crippen molar-refractivity contribution < 1.29 is 13.9 Å². The number of fused-ring (bicyclic) bond motifs is 2. The van der Waals surface area contributed by atoms with Crippen molar-refractivity contribution in [3.63, 3.8) is 0 Å². The largest absolute Gasteiger partial charge is 0.445 e. The molecule has 1 atom stereocenters. The topological polar surface area (TPSA) is 98.7 Å². The number of aromatic nitrogens is 5. The number of amides is 1. The number of hydrogen-bond acceptors (Lipinski definition) is 7. The van der Waals surface area contributed by atoms with Gasteiger partial charge in [-0.25, -0.2) is 14.5 Å². The average Bonchev–Trinajstić information content (AvgIpc) is 3.38. The number of hydrogen-bond donors (Lipinski definition) is 0. The Hall–Kier alpha value is -2.81. The Kier molecular flexibility index (Phi) is 3.27. The van der Waals surface area contributed by atoms with Crippen LogP contribution in [0.25, 0.3) is 5.78 Å². The van der Waals surface area contributed by atoms with E-state index in [1.165, 1.54) is 4.52 Å². The second-order valence-corrected chi connectivity index (χ2v) is 6.26. The molecular weight excluding hydrogens is 324 g/mol. The van der Waals surface area contributed by atoms with E-state index in [2.05, 4.69) is 20.1 Å². The Morgan fingerprint density at radius 2 is 2.28 bits per heavy atom. The molecule has 2 aliphatic heterocycles. The fourth-order valence-electron chi connectivity index (χ4n) is 3.26. The molecule has 128 valence electrons. The molecule has 0 spiro atoms. The van der Waals surface area contributed by atoms with Crippen molar-refractivity contribution in [2.45, 2.75) is 25.3 Å². The highest BCUT2D eigenvalue weighted by Crippen LogP contribution is 2.29. The van der Waals surface area contributed by atoms with Crippen molar-refractivity contribution in [1.29, 1.82) is 0 Å². The van der Waals surface area contributed by atoms with Crippen LogP contribution >= 0.6 is 0 Å². The van der Waals surface area contributed by atoms with Gasteiger partial charge in [-0.1, -0.05) is 0 Å². The lowest BCUT2D eigenvalue weighted by molar-refractivity contribution is 0.0715. The SMILES string of the molecule is O=C(c1nc2ncccn2n1)N1CCc2oc(C3CCOC3)nc2C1. The van der Waals surface area contributed by atoms with Crippen molar-refractivity contribution in [3.05, 3.63) is 41.6 Å².